The normalized spacial score (nSPS) is 20.8. The average Bonchev–Trinajstić information content (AvgIpc) is 2.84. The van der Waals surface area contributed by atoms with E-state index < -0.39 is 0 Å². The summed E-state index contributed by atoms with van der Waals surface area (Å²) >= 11 is 0. The van der Waals surface area contributed by atoms with Crippen LogP contribution in [-0.4, -0.2) is 22.9 Å². The van der Waals surface area contributed by atoms with Crippen LogP contribution in [0.4, 0.5) is 0 Å². The molecule has 3 rings (SSSR count). The van der Waals surface area contributed by atoms with Gasteiger partial charge in [-0.2, -0.15) is 0 Å². The van der Waals surface area contributed by atoms with Crippen molar-refractivity contribution in [1.82, 2.24) is 4.57 Å². The van der Waals surface area contributed by atoms with Crippen molar-refractivity contribution < 1.29 is 9.31 Å². The van der Waals surface area contributed by atoms with E-state index in [1.807, 2.05) is 0 Å². The summed E-state index contributed by atoms with van der Waals surface area (Å²) in [7, 11) is -0.306. The highest BCUT2D eigenvalue weighted by atomic mass is 16.7. The average molecular weight is 271 g/mol. The van der Waals surface area contributed by atoms with E-state index in [1.54, 1.807) is 0 Å². The molecule has 0 atom stereocenters. The summed E-state index contributed by atoms with van der Waals surface area (Å²) in [6.45, 7) is 11.4. The third kappa shape index (κ3) is 1.90. The minimum atomic E-state index is -0.306. The second-order valence-corrected chi connectivity index (χ2v) is 6.48. The van der Waals surface area contributed by atoms with Gasteiger partial charge in [-0.25, -0.2) is 0 Å². The third-order valence-electron chi connectivity index (χ3n) is 4.66. The van der Waals surface area contributed by atoms with Gasteiger partial charge >= 0.3 is 7.12 Å². The SMILES string of the molecule is CCn1cc2ccccc2c1B1OC(C)(C)C(C)(C)O1. The Morgan fingerprint density at radius 3 is 2.25 bits per heavy atom. The molecule has 3 nitrogen and oxygen atoms in total. The maximum absolute atomic E-state index is 6.22. The van der Waals surface area contributed by atoms with E-state index >= 15 is 0 Å². The number of rotatable bonds is 2. The van der Waals surface area contributed by atoms with Crippen molar-refractivity contribution in [2.45, 2.75) is 52.4 Å². The first-order chi connectivity index (χ1) is 9.36. The molecule has 20 heavy (non-hydrogen) atoms. The summed E-state index contributed by atoms with van der Waals surface area (Å²) in [4.78, 5) is 0. The molecule has 1 aromatic heterocycles. The Labute approximate surface area is 121 Å². The summed E-state index contributed by atoms with van der Waals surface area (Å²) in [5.41, 5.74) is 0.519. The predicted octanol–water partition coefficient (Wildman–Crippen LogP) is 2.96. The first-order valence-electron chi connectivity index (χ1n) is 7.29. The zero-order valence-electron chi connectivity index (χ0n) is 12.9. The van der Waals surface area contributed by atoms with Crippen LogP contribution in [0.2, 0.25) is 0 Å². The summed E-state index contributed by atoms with van der Waals surface area (Å²) in [5.74, 6) is 0. The quantitative estimate of drug-likeness (QED) is 0.784. The van der Waals surface area contributed by atoms with Crippen molar-refractivity contribution in [2.24, 2.45) is 0 Å². The Hall–Kier alpha value is -1.26. The molecule has 2 heterocycles. The molecule has 0 radical (unpaired) electrons. The molecular formula is C16H22BNO2. The van der Waals surface area contributed by atoms with E-state index in [9.17, 15) is 0 Å². The minimum absolute atomic E-state index is 0.304. The first-order valence-corrected chi connectivity index (χ1v) is 7.29. The van der Waals surface area contributed by atoms with Crippen LogP contribution in [0.1, 0.15) is 34.6 Å². The molecule has 1 fully saturated rings. The Balaban J connectivity index is 2.11. The van der Waals surface area contributed by atoms with Crippen LogP contribution in [0.3, 0.4) is 0 Å². The van der Waals surface area contributed by atoms with Gasteiger partial charge in [-0.15, -0.1) is 0 Å². The number of aryl methyl sites for hydroxylation is 1. The smallest absolute Gasteiger partial charge is 0.398 e. The predicted molar refractivity (Wildman–Crippen MR) is 83.3 cm³/mol. The lowest BCUT2D eigenvalue weighted by molar-refractivity contribution is 0.00578. The lowest BCUT2D eigenvalue weighted by atomic mass is 9.82. The van der Waals surface area contributed by atoms with Crippen LogP contribution < -0.4 is 5.59 Å². The highest BCUT2D eigenvalue weighted by Crippen LogP contribution is 2.37. The molecule has 1 saturated heterocycles. The zero-order valence-corrected chi connectivity index (χ0v) is 12.9. The molecule has 1 aliphatic rings. The van der Waals surface area contributed by atoms with Gasteiger partial charge in [0.25, 0.3) is 0 Å². The van der Waals surface area contributed by atoms with E-state index in [1.165, 1.54) is 10.8 Å². The lowest BCUT2D eigenvalue weighted by Crippen LogP contribution is -2.41. The van der Waals surface area contributed by atoms with Crippen molar-refractivity contribution in [2.75, 3.05) is 0 Å². The van der Waals surface area contributed by atoms with E-state index in [-0.39, 0.29) is 18.3 Å². The van der Waals surface area contributed by atoms with Crippen LogP contribution in [0, 0.1) is 0 Å². The molecule has 0 bridgehead atoms. The molecule has 0 amide bonds. The van der Waals surface area contributed by atoms with Gasteiger partial charge in [0.1, 0.15) is 0 Å². The van der Waals surface area contributed by atoms with Crippen LogP contribution in [0.5, 0.6) is 0 Å². The number of nitrogens with zero attached hydrogens (tertiary/aromatic N) is 1. The van der Waals surface area contributed by atoms with Crippen molar-refractivity contribution in [3.63, 3.8) is 0 Å². The third-order valence-corrected chi connectivity index (χ3v) is 4.66. The Kier molecular flexibility index (Phi) is 3.00. The van der Waals surface area contributed by atoms with E-state index in [0.29, 0.717) is 0 Å². The van der Waals surface area contributed by atoms with E-state index in [2.05, 4.69) is 69.6 Å². The van der Waals surface area contributed by atoms with Gasteiger partial charge in [0, 0.05) is 12.7 Å². The van der Waals surface area contributed by atoms with Gasteiger partial charge in [0.05, 0.1) is 16.8 Å². The van der Waals surface area contributed by atoms with Crippen LogP contribution in [0.25, 0.3) is 10.8 Å². The minimum Gasteiger partial charge on any atom is -0.398 e. The fourth-order valence-electron chi connectivity index (χ4n) is 2.71. The summed E-state index contributed by atoms with van der Waals surface area (Å²) in [5, 5.41) is 2.45. The molecule has 0 spiro atoms. The topological polar surface area (TPSA) is 23.4 Å². The molecule has 106 valence electrons. The lowest BCUT2D eigenvalue weighted by Gasteiger charge is -2.32. The molecule has 0 N–H and O–H groups in total. The monoisotopic (exact) mass is 271 g/mol. The second-order valence-electron chi connectivity index (χ2n) is 6.48. The van der Waals surface area contributed by atoms with E-state index in [4.69, 9.17) is 9.31 Å². The molecule has 4 heteroatoms. The number of fused-ring (bicyclic) bond motifs is 1. The van der Waals surface area contributed by atoms with E-state index in [0.717, 1.165) is 12.1 Å². The van der Waals surface area contributed by atoms with Gasteiger partial charge in [-0.05, 0) is 45.4 Å². The van der Waals surface area contributed by atoms with Crippen LogP contribution in [0.15, 0.2) is 30.5 Å². The van der Waals surface area contributed by atoms with Gasteiger partial charge in [-0.1, -0.05) is 24.3 Å². The number of benzene rings is 1. The summed E-state index contributed by atoms with van der Waals surface area (Å²) in [6, 6.07) is 8.41. The standard InChI is InChI=1S/C16H22BNO2/c1-6-18-11-12-9-7-8-10-13(12)14(18)17-19-15(2,3)16(4,5)20-17/h7-11H,6H2,1-5H3. The summed E-state index contributed by atoms with van der Waals surface area (Å²) < 4.78 is 14.7. The van der Waals surface area contributed by atoms with Gasteiger partial charge in [0.15, 0.2) is 0 Å². The molecule has 0 saturated carbocycles. The highest BCUT2D eigenvalue weighted by Gasteiger charge is 2.53. The fraction of sp³-hybridized carbons (Fsp3) is 0.500. The van der Waals surface area contributed by atoms with Gasteiger partial charge < -0.3 is 13.9 Å². The fourth-order valence-corrected chi connectivity index (χ4v) is 2.71. The van der Waals surface area contributed by atoms with Crippen molar-refractivity contribution in [1.29, 1.82) is 0 Å². The molecule has 1 aliphatic heterocycles. The van der Waals surface area contributed by atoms with Crippen molar-refractivity contribution in [3.8, 4) is 0 Å². The largest absolute Gasteiger partial charge is 0.512 e. The molecule has 2 aromatic rings. The highest BCUT2D eigenvalue weighted by molar-refractivity contribution is 6.64. The Morgan fingerprint density at radius 2 is 1.65 bits per heavy atom. The zero-order chi connectivity index (χ0) is 14.5. The number of aromatic nitrogens is 1. The van der Waals surface area contributed by atoms with Crippen LogP contribution >= 0.6 is 0 Å². The maximum atomic E-state index is 6.22. The van der Waals surface area contributed by atoms with Gasteiger partial charge in [-0.3, -0.25) is 0 Å². The first kappa shape index (κ1) is 13.7. The Bertz CT molecular complexity index is 629. The second kappa shape index (κ2) is 4.37. The maximum Gasteiger partial charge on any atom is 0.512 e. The van der Waals surface area contributed by atoms with Crippen molar-refractivity contribution in [3.05, 3.63) is 30.5 Å². The number of hydrogen-bond donors (Lipinski definition) is 0. The summed E-state index contributed by atoms with van der Waals surface area (Å²) in [6.07, 6.45) is 2.18. The van der Waals surface area contributed by atoms with Crippen LogP contribution in [-0.2, 0) is 15.9 Å². The molecule has 0 unspecified atom stereocenters. The molecule has 1 aromatic carbocycles. The molecule has 0 aliphatic carbocycles. The van der Waals surface area contributed by atoms with Gasteiger partial charge in [0.2, 0.25) is 0 Å². The Morgan fingerprint density at radius 1 is 1.05 bits per heavy atom. The number of hydrogen-bond acceptors (Lipinski definition) is 2. The molecular weight excluding hydrogens is 249 g/mol. The van der Waals surface area contributed by atoms with Crippen molar-refractivity contribution >= 4 is 23.5 Å².